The molecule has 0 saturated heterocycles. The third kappa shape index (κ3) is 2.33. The van der Waals surface area contributed by atoms with Crippen molar-refractivity contribution in [3.8, 4) is 17.0 Å². The summed E-state index contributed by atoms with van der Waals surface area (Å²) in [7, 11) is -5.77. The lowest BCUT2D eigenvalue weighted by Crippen LogP contribution is -2.28. The summed E-state index contributed by atoms with van der Waals surface area (Å²) in [5.41, 5.74) is -4.63. The minimum absolute atomic E-state index is 0.154. The Hall–Kier alpha value is -2.42. The van der Waals surface area contributed by atoms with Crippen molar-refractivity contribution in [2.45, 2.75) is 5.51 Å². The first-order valence-electron chi connectivity index (χ1n) is 5.93. The van der Waals surface area contributed by atoms with Crippen LogP contribution in [0.5, 0.6) is 5.75 Å². The van der Waals surface area contributed by atoms with Crippen molar-refractivity contribution in [1.29, 1.82) is 0 Å². The van der Waals surface area contributed by atoms with Crippen LogP contribution in [0, 0.1) is 0 Å². The predicted octanol–water partition coefficient (Wildman–Crippen LogP) is 2.96. The summed E-state index contributed by atoms with van der Waals surface area (Å²) < 4.78 is 64.3. The van der Waals surface area contributed by atoms with Crippen molar-refractivity contribution >= 4 is 21.0 Å². The monoisotopic (exact) mass is 328 g/mol. The summed E-state index contributed by atoms with van der Waals surface area (Å²) in [6.07, 6.45) is 2.46. The van der Waals surface area contributed by atoms with Crippen LogP contribution in [0.2, 0.25) is 0 Å². The maximum Gasteiger partial charge on any atom is 0.534 e. The molecule has 0 bridgehead atoms. The molecule has 0 aromatic heterocycles. The van der Waals surface area contributed by atoms with Crippen LogP contribution in [-0.4, -0.2) is 23.9 Å². The number of hydrogen-bond acceptors (Lipinski definition) is 5. The average Bonchev–Trinajstić information content (AvgIpc) is 2.68. The second kappa shape index (κ2) is 4.80. The Morgan fingerprint density at radius 3 is 2.55 bits per heavy atom. The standard InChI is InChI=1S/C13H7F3N2O3S/c14-13(15,16)22(19,20)21-11-5-6-17-7-10-12(11)8-3-1-2-4-9(8)18-10/h1-7H. The zero-order chi connectivity index (χ0) is 16.0. The molecule has 2 aliphatic rings. The van der Waals surface area contributed by atoms with Gasteiger partial charge in [0.2, 0.25) is 0 Å². The van der Waals surface area contributed by atoms with E-state index >= 15 is 0 Å². The largest absolute Gasteiger partial charge is 0.534 e. The molecule has 0 unspecified atom stereocenters. The van der Waals surface area contributed by atoms with E-state index in [0.717, 1.165) is 12.3 Å². The van der Waals surface area contributed by atoms with Gasteiger partial charge in [0.15, 0.2) is 5.75 Å². The molecule has 0 aliphatic carbocycles. The summed E-state index contributed by atoms with van der Waals surface area (Å²) in [4.78, 5) is 7.99. The van der Waals surface area contributed by atoms with Gasteiger partial charge >= 0.3 is 15.6 Å². The number of hydrogen-bond donors (Lipinski definition) is 0. The maximum atomic E-state index is 12.5. The zero-order valence-corrected chi connectivity index (χ0v) is 11.5. The van der Waals surface area contributed by atoms with E-state index < -0.39 is 21.4 Å². The molecule has 22 heavy (non-hydrogen) atoms. The van der Waals surface area contributed by atoms with E-state index in [4.69, 9.17) is 0 Å². The van der Waals surface area contributed by atoms with Crippen LogP contribution >= 0.6 is 0 Å². The molecule has 5 nitrogen and oxygen atoms in total. The van der Waals surface area contributed by atoms with Crippen molar-refractivity contribution in [3.05, 3.63) is 42.7 Å². The SMILES string of the molecule is O=S(=O)(Oc1ccncc2nc3ccccc3c1-2)C(F)(F)F. The van der Waals surface area contributed by atoms with Gasteiger partial charge in [0.05, 0.1) is 23.0 Å². The van der Waals surface area contributed by atoms with Crippen LogP contribution in [0.4, 0.5) is 13.2 Å². The quantitative estimate of drug-likeness (QED) is 0.534. The molecule has 0 spiro atoms. The van der Waals surface area contributed by atoms with Crippen LogP contribution in [0.15, 0.2) is 42.7 Å². The van der Waals surface area contributed by atoms with Gasteiger partial charge in [0.25, 0.3) is 0 Å². The predicted molar refractivity (Wildman–Crippen MR) is 71.8 cm³/mol. The highest BCUT2D eigenvalue weighted by Crippen LogP contribution is 2.39. The van der Waals surface area contributed by atoms with Crippen LogP contribution in [0.1, 0.15) is 0 Å². The Morgan fingerprint density at radius 2 is 1.82 bits per heavy atom. The fourth-order valence-electron chi connectivity index (χ4n) is 2.00. The Bertz CT molecular complexity index is 925. The molecule has 2 aliphatic heterocycles. The first-order valence-corrected chi connectivity index (χ1v) is 7.34. The molecular weight excluding hydrogens is 321 g/mol. The topological polar surface area (TPSA) is 69.2 Å². The van der Waals surface area contributed by atoms with Gasteiger partial charge in [-0.05, 0) is 6.07 Å². The maximum absolute atomic E-state index is 12.5. The molecule has 2 heterocycles. The Balaban J connectivity index is 2.26. The fourth-order valence-corrected chi connectivity index (χ4v) is 2.47. The molecular formula is C13H7F3N2O3S. The van der Waals surface area contributed by atoms with E-state index in [9.17, 15) is 21.6 Å². The minimum atomic E-state index is -5.77. The van der Waals surface area contributed by atoms with Gasteiger partial charge in [0.1, 0.15) is 0 Å². The molecule has 0 radical (unpaired) electrons. The number of fused-ring (bicyclic) bond motifs is 3. The Kier molecular flexibility index (Phi) is 3.17. The average molecular weight is 328 g/mol. The van der Waals surface area contributed by atoms with E-state index in [0.29, 0.717) is 10.9 Å². The minimum Gasteiger partial charge on any atom is -0.375 e. The van der Waals surface area contributed by atoms with E-state index in [2.05, 4.69) is 14.2 Å². The van der Waals surface area contributed by atoms with Gasteiger partial charge in [-0.25, -0.2) is 4.98 Å². The highest BCUT2D eigenvalue weighted by molar-refractivity contribution is 7.88. The van der Waals surface area contributed by atoms with E-state index in [-0.39, 0.29) is 11.3 Å². The zero-order valence-electron chi connectivity index (χ0n) is 10.7. The third-order valence-corrected chi connectivity index (χ3v) is 3.87. The summed E-state index contributed by atoms with van der Waals surface area (Å²) >= 11 is 0. The van der Waals surface area contributed by atoms with Crippen molar-refractivity contribution < 1.29 is 25.8 Å². The molecule has 0 fully saturated rings. The summed E-state index contributed by atoms with van der Waals surface area (Å²) in [5, 5.41) is 0.475. The van der Waals surface area contributed by atoms with Gasteiger partial charge in [-0.2, -0.15) is 21.6 Å². The lowest BCUT2D eigenvalue weighted by atomic mass is 10.1. The second-order valence-electron chi connectivity index (χ2n) is 4.33. The molecule has 9 heteroatoms. The number of aromatic nitrogens is 2. The molecule has 0 saturated carbocycles. The molecule has 0 atom stereocenters. The van der Waals surface area contributed by atoms with Crippen molar-refractivity contribution in [3.63, 3.8) is 0 Å². The van der Waals surface area contributed by atoms with E-state index in [1.807, 2.05) is 0 Å². The van der Waals surface area contributed by atoms with Crippen molar-refractivity contribution in [2.24, 2.45) is 0 Å². The second-order valence-corrected chi connectivity index (χ2v) is 5.87. The lowest BCUT2D eigenvalue weighted by Gasteiger charge is -2.10. The smallest absolute Gasteiger partial charge is 0.375 e. The first kappa shape index (κ1) is 14.5. The van der Waals surface area contributed by atoms with Gasteiger partial charge in [-0.1, -0.05) is 18.2 Å². The van der Waals surface area contributed by atoms with Gasteiger partial charge in [-0.3, -0.25) is 4.98 Å². The molecule has 114 valence electrons. The van der Waals surface area contributed by atoms with Crippen molar-refractivity contribution in [1.82, 2.24) is 9.97 Å². The number of nitrogens with zero attached hydrogens (tertiary/aromatic N) is 2. The Morgan fingerprint density at radius 1 is 1.09 bits per heavy atom. The number of alkyl halides is 3. The number of rotatable bonds is 2. The molecule has 1 aromatic rings. The number of para-hydroxylation sites is 1. The van der Waals surface area contributed by atoms with Crippen LogP contribution in [0.3, 0.4) is 0 Å². The highest BCUT2D eigenvalue weighted by Gasteiger charge is 2.49. The molecule has 1 aromatic carbocycles. The van der Waals surface area contributed by atoms with Gasteiger partial charge in [-0.15, -0.1) is 0 Å². The summed E-state index contributed by atoms with van der Waals surface area (Å²) in [6.45, 7) is 0. The fraction of sp³-hybridized carbons (Fsp3) is 0.0769. The van der Waals surface area contributed by atoms with Crippen LogP contribution < -0.4 is 4.18 Å². The Labute approximate surface area is 122 Å². The third-order valence-electron chi connectivity index (χ3n) is 2.91. The van der Waals surface area contributed by atoms with Gasteiger partial charge < -0.3 is 4.18 Å². The van der Waals surface area contributed by atoms with Crippen LogP contribution in [-0.2, 0) is 10.1 Å². The molecule has 0 N–H and O–H groups in total. The lowest BCUT2D eigenvalue weighted by molar-refractivity contribution is -0.0499. The van der Waals surface area contributed by atoms with Crippen LogP contribution in [0.25, 0.3) is 22.2 Å². The highest BCUT2D eigenvalue weighted by atomic mass is 32.2. The molecule has 3 rings (SSSR count). The molecule has 0 amide bonds. The first-order chi connectivity index (χ1) is 10.3. The normalized spacial score (nSPS) is 12.7. The summed E-state index contributed by atoms with van der Waals surface area (Å²) in [6, 6.07) is 7.68. The van der Waals surface area contributed by atoms with E-state index in [1.54, 1.807) is 24.3 Å². The number of benzene rings is 1. The van der Waals surface area contributed by atoms with E-state index in [1.165, 1.54) is 6.20 Å². The summed E-state index contributed by atoms with van der Waals surface area (Å²) in [5.74, 6) is -0.474. The number of halogens is 3. The van der Waals surface area contributed by atoms with Crippen molar-refractivity contribution in [2.75, 3.05) is 0 Å². The van der Waals surface area contributed by atoms with Gasteiger partial charge in [0, 0.05) is 17.6 Å².